The number of hydrogen-bond donors (Lipinski definition) is 1. The minimum absolute atomic E-state index is 0.180. The summed E-state index contributed by atoms with van der Waals surface area (Å²) in [6.07, 6.45) is 0.787. The third kappa shape index (κ3) is 3.00. The maximum Gasteiger partial charge on any atom is 0.0847 e. The second kappa shape index (κ2) is 6.17. The number of benzene rings is 1. The smallest absolute Gasteiger partial charge is 0.0847 e. The lowest BCUT2D eigenvalue weighted by Crippen LogP contribution is -2.21. The molecule has 1 atom stereocenters. The molecule has 0 saturated carbocycles. The van der Waals surface area contributed by atoms with Crippen molar-refractivity contribution < 1.29 is 0 Å². The van der Waals surface area contributed by atoms with E-state index in [0.717, 1.165) is 27.9 Å². The first kappa shape index (κ1) is 15.4. The Bertz CT molecular complexity index is 620. The molecular weight excluding hydrogens is 293 g/mol. The van der Waals surface area contributed by atoms with E-state index in [-0.39, 0.29) is 6.04 Å². The molecule has 5 heteroatoms. The van der Waals surface area contributed by atoms with Crippen LogP contribution in [0.25, 0.3) is 0 Å². The Kier molecular flexibility index (Phi) is 4.74. The van der Waals surface area contributed by atoms with Crippen LogP contribution in [0.4, 0.5) is 0 Å². The van der Waals surface area contributed by atoms with Gasteiger partial charge in [-0.05, 0) is 44.2 Å². The lowest BCUT2D eigenvalue weighted by Gasteiger charge is -2.19. The molecule has 2 rings (SSSR count). The van der Waals surface area contributed by atoms with Crippen molar-refractivity contribution in [3.8, 4) is 0 Å². The van der Waals surface area contributed by atoms with Gasteiger partial charge in [0, 0.05) is 24.5 Å². The Morgan fingerprint density at radius 3 is 2.50 bits per heavy atom. The summed E-state index contributed by atoms with van der Waals surface area (Å²) >= 11 is 12.4. The van der Waals surface area contributed by atoms with Gasteiger partial charge in [0.25, 0.3) is 0 Å². The van der Waals surface area contributed by atoms with E-state index in [0.29, 0.717) is 0 Å². The molecule has 1 heterocycles. The molecule has 0 aliphatic rings. The van der Waals surface area contributed by atoms with Gasteiger partial charge in [0.2, 0.25) is 0 Å². The maximum absolute atomic E-state index is 6.34. The predicted octanol–water partition coefficient (Wildman–Crippen LogP) is 3.85. The lowest BCUT2D eigenvalue weighted by molar-refractivity contribution is 0.559. The van der Waals surface area contributed by atoms with E-state index in [4.69, 9.17) is 23.2 Å². The molecule has 0 saturated heterocycles. The fraction of sp³-hybridized carbons (Fsp3) is 0.400. The monoisotopic (exact) mass is 311 g/mol. The van der Waals surface area contributed by atoms with Crippen molar-refractivity contribution in [2.75, 3.05) is 7.05 Å². The van der Waals surface area contributed by atoms with Crippen molar-refractivity contribution in [1.29, 1.82) is 0 Å². The van der Waals surface area contributed by atoms with Gasteiger partial charge in [0.05, 0.1) is 16.4 Å². The minimum atomic E-state index is 0.180. The largest absolute Gasteiger partial charge is 0.313 e. The summed E-state index contributed by atoms with van der Waals surface area (Å²) in [4.78, 5) is 0. The summed E-state index contributed by atoms with van der Waals surface area (Å²) < 4.78 is 1.85. The Balaban J connectivity index is 2.33. The van der Waals surface area contributed by atoms with E-state index in [2.05, 4.69) is 23.4 Å². The number of halogens is 2. The molecule has 0 amide bonds. The van der Waals surface area contributed by atoms with Crippen LogP contribution in [0.15, 0.2) is 18.2 Å². The maximum atomic E-state index is 6.34. The SMILES string of the molecule is CNC(Cc1c(Cl)c(C)nn1C)c1ccc(Cl)cc1C. The Morgan fingerprint density at radius 1 is 1.30 bits per heavy atom. The third-order valence-electron chi connectivity index (χ3n) is 3.61. The first-order valence-electron chi connectivity index (χ1n) is 6.55. The molecule has 0 aliphatic carbocycles. The molecule has 2 aromatic rings. The summed E-state index contributed by atoms with van der Waals surface area (Å²) in [6.45, 7) is 4.00. The fourth-order valence-corrected chi connectivity index (χ4v) is 2.96. The molecule has 0 fully saturated rings. The van der Waals surface area contributed by atoms with Crippen molar-refractivity contribution in [3.63, 3.8) is 0 Å². The zero-order chi connectivity index (χ0) is 14.9. The number of rotatable bonds is 4. The van der Waals surface area contributed by atoms with E-state index in [1.807, 2.05) is 37.8 Å². The Labute approximate surface area is 129 Å². The summed E-state index contributed by atoms with van der Waals surface area (Å²) in [5, 5.41) is 9.22. The van der Waals surface area contributed by atoms with E-state index in [1.54, 1.807) is 0 Å². The zero-order valence-corrected chi connectivity index (χ0v) is 13.7. The molecule has 0 spiro atoms. The molecule has 0 radical (unpaired) electrons. The number of nitrogens with one attached hydrogen (secondary N) is 1. The lowest BCUT2D eigenvalue weighted by atomic mass is 9.97. The molecule has 108 valence electrons. The normalized spacial score (nSPS) is 12.7. The van der Waals surface area contributed by atoms with Gasteiger partial charge in [0.1, 0.15) is 0 Å². The third-order valence-corrected chi connectivity index (χ3v) is 4.34. The van der Waals surface area contributed by atoms with Gasteiger partial charge >= 0.3 is 0 Å². The van der Waals surface area contributed by atoms with Crippen LogP contribution in [-0.4, -0.2) is 16.8 Å². The van der Waals surface area contributed by atoms with Crippen LogP contribution in [0.1, 0.15) is 28.6 Å². The van der Waals surface area contributed by atoms with Crippen LogP contribution in [0, 0.1) is 13.8 Å². The van der Waals surface area contributed by atoms with Gasteiger partial charge in [-0.1, -0.05) is 29.3 Å². The van der Waals surface area contributed by atoms with Crippen LogP contribution in [-0.2, 0) is 13.5 Å². The fourth-order valence-electron chi connectivity index (χ4n) is 2.49. The van der Waals surface area contributed by atoms with Crippen molar-refractivity contribution in [3.05, 3.63) is 50.8 Å². The van der Waals surface area contributed by atoms with Gasteiger partial charge in [-0.15, -0.1) is 0 Å². The average Bonchev–Trinajstić information content (AvgIpc) is 2.62. The van der Waals surface area contributed by atoms with Crippen LogP contribution in [0.5, 0.6) is 0 Å². The summed E-state index contributed by atoms with van der Waals surface area (Å²) in [5.41, 5.74) is 4.31. The average molecular weight is 312 g/mol. The second-order valence-corrected chi connectivity index (χ2v) is 5.83. The van der Waals surface area contributed by atoms with E-state index in [9.17, 15) is 0 Å². The molecule has 3 nitrogen and oxygen atoms in total. The highest BCUT2D eigenvalue weighted by Crippen LogP contribution is 2.28. The van der Waals surface area contributed by atoms with Crippen LogP contribution < -0.4 is 5.32 Å². The number of nitrogens with zero attached hydrogens (tertiary/aromatic N) is 2. The van der Waals surface area contributed by atoms with Crippen molar-refractivity contribution in [2.45, 2.75) is 26.3 Å². The number of hydrogen-bond acceptors (Lipinski definition) is 2. The van der Waals surface area contributed by atoms with E-state index in [1.165, 1.54) is 11.1 Å². The van der Waals surface area contributed by atoms with E-state index < -0.39 is 0 Å². The highest BCUT2D eigenvalue weighted by molar-refractivity contribution is 6.31. The van der Waals surface area contributed by atoms with Gasteiger partial charge in [-0.2, -0.15) is 5.10 Å². The highest BCUT2D eigenvalue weighted by Gasteiger charge is 2.18. The highest BCUT2D eigenvalue weighted by atomic mass is 35.5. The van der Waals surface area contributed by atoms with Gasteiger partial charge in [0.15, 0.2) is 0 Å². The zero-order valence-electron chi connectivity index (χ0n) is 12.2. The standard InChI is InChI=1S/C15H19Cl2N3/c1-9-7-11(16)5-6-12(9)13(18-3)8-14-15(17)10(2)19-20(14)4/h5-7,13,18H,8H2,1-4H3. The van der Waals surface area contributed by atoms with E-state index >= 15 is 0 Å². The Morgan fingerprint density at radius 2 is 2.00 bits per heavy atom. The topological polar surface area (TPSA) is 29.9 Å². The minimum Gasteiger partial charge on any atom is -0.313 e. The summed E-state index contributed by atoms with van der Waals surface area (Å²) in [6, 6.07) is 6.15. The van der Waals surface area contributed by atoms with Gasteiger partial charge in [-0.3, -0.25) is 4.68 Å². The van der Waals surface area contributed by atoms with Crippen LogP contribution in [0.3, 0.4) is 0 Å². The summed E-state index contributed by atoms with van der Waals surface area (Å²) in [5.74, 6) is 0. The van der Waals surface area contributed by atoms with Crippen LogP contribution in [0.2, 0.25) is 10.0 Å². The molecular formula is C15H19Cl2N3. The molecule has 1 aromatic carbocycles. The van der Waals surface area contributed by atoms with Crippen molar-refractivity contribution in [1.82, 2.24) is 15.1 Å². The van der Waals surface area contributed by atoms with Gasteiger partial charge < -0.3 is 5.32 Å². The quantitative estimate of drug-likeness (QED) is 0.929. The first-order valence-corrected chi connectivity index (χ1v) is 7.31. The van der Waals surface area contributed by atoms with Gasteiger partial charge in [-0.25, -0.2) is 0 Å². The molecule has 0 aliphatic heterocycles. The molecule has 1 unspecified atom stereocenters. The molecule has 20 heavy (non-hydrogen) atoms. The second-order valence-electron chi connectivity index (χ2n) is 5.02. The summed E-state index contributed by atoms with van der Waals surface area (Å²) in [7, 11) is 3.88. The van der Waals surface area contributed by atoms with Crippen molar-refractivity contribution >= 4 is 23.2 Å². The molecule has 1 N–H and O–H groups in total. The number of likely N-dealkylation sites (N-methyl/N-ethyl adjacent to an activating group) is 1. The number of aryl methyl sites for hydroxylation is 3. The molecule has 1 aromatic heterocycles. The van der Waals surface area contributed by atoms with Crippen molar-refractivity contribution in [2.24, 2.45) is 7.05 Å². The first-order chi connectivity index (χ1) is 9.43. The Hall–Kier alpha value is -1.03. The molecule has 0 bridgehead atoms. The number of aromatic nitrogens is 2. The predicted molar refractivity (Wildman–Crippen MR) is 84.6 cm³/mol. The van der Waals surface area contributed by atoms with Crippen LogP contribution >= 0.6 is 23.2 Å².